The number of halogens is 2. The van der Waals surface area contributed by atoms with Gasteiger partial charge in [0.05, 0.1) is 6.54 Å². The smallest absolute Gasteiger partial charge is 0.245 e. The molecule has 2 rings (SSSR count). The molecule has 19 heavy (non-hydrogen) atoms. The van der Waals surface area contributed by atoms with Gasteiger partial charge in [0.2, 0.25) is 10.0 Å². The highest BCUT2D eigenvalue weighted by atomic mass is 79.9. The molecule has 5 nitrogen and oxygen atoms in total. The van der Waals surface area contributed by atoms with Crippen LogP contribution in [0.2, 0.25) is 0 Å². The molecule has 0 radical (unpaired) electrons. The van der Waals surface area contributed by atoms with Gasteiger partial charge in [0, 0.05) is 22.0 Å². The van der Waals surface area contributed by atoms with Crippen LogP contribution in [0.4, 0.5) is 0 Å². The second kappa shape index (κ2) is 6.06. The van der Waals surface area contributed by atoms with Crippen LogP contribution >= 0.6 is 43.2 Å². The van der Waals surface area contributed by atoms with Crippen LogP contribution in [-0.4, -0.2) is 8.42 Å². The monoisotopic (exact) mass is 428 g/mol. The van der Waals surface area contributed by atoms with Gasteiger partial charge in [0.1, 0.15) is 10.7 Å². The number of nitrogens with one attached hydrogen (secondary N) is 1. The fourth-order valence-corrected chi connectivity index (χ4v) is 4.89. The molecule has 0 aliphatic heterocycles. The van der Waals surface area contributed by atoms with Crippen molar-refractivity contribution < 1.29 is 12.8 Å². The van der Waals surface area contributed by atoms with Crippen molar-refractivity contribution in [3.8, 4) is 0 Å². The van der Waals surface area contributed by atoms with E-state index in [1.54, 1.807) is 0 Å². The van der Waals surface area contributed by atoms with Crippen LogP contribution < -0.4 is 10.5 Å². The first-order chi connectivity index (χ1) is 8.94. The fraction of sp³-hybridized carbons (Fsp3) is 0.200. The largest absolute Gasteiger partial charge is 0.452 e. The molecule has 2 heterocycles. The molecule has 0 unspecified atom stereocenters. The lowest BCUT2D eigenvalue weighted by Gasteiger charge is -2.04. The molecule has 0 bridgehead atoms. The summed E-state index contributed by atoms with van der Waals surface area (Å²) in [6, 6.07) is 3.28. The van der Waals surface area contributed by atoms with Crippen molar-refractivity contribution in [2.45, 2.75) is 18.0 Å². The highest BCUT2D eigenvalue weighted by molar-refractivity contribution is 9.10. The van der Waals surface area contributed by atoms with E-state index in [0.29, 0.717) is 5.76 Å². The number of hydrogen-bond donors (Lipinski definition) is 2. The van der Waals surface area contributed by atoms with E-state index < -0.39 is 10.0 Å². The molecule has 3 N–H and O–H groups in total. The predicted octanol–water partition coefficient (Wildman–Crippen LogP) is 2.80. The Bertz CT molecular complexity index is 679. The predicted molar refractivity (Wildman–Crippen MR) is 80.3 cm³/mol. The van der Waals surface area contributed by atoms with Crippen LogP contribution in [0.3, 0.4) is 0 Å². The SMILES string of the molecule is NCc1cc(S(=O)(=O)NCc2sccc2Br)c(Br)o1. The Balaban J connectivity index is 2.18. The lowest BCUT2D eigenvalue weighted by molar-refractivity contribution is 0.483. The molecule has 104 valence electrons. The Morgan fingerprint density at radius 3 is 2.68 bits per heavy atom. The fourth-order valence-electron chi connectivity index (χ4n) is 1.37. The summed E-state index contributed by atoms with van der Waals surface area (Å²) in [5.41, 5.74) is 5.41. The molecule has 0 aliphatic rings. The van der Waals surface area contributed by atoms with Gasteiger partial charge in [-0.05, 0) is 43.3 Å². The topological polar surface area (TPSA) is 85.3 Å². The van der Waals surface area contributed by atoms with Gasteiger partial charge in [-0.1, -0.05) is 0 Å². The molecule has 9 heteroatoms. The highest BCUT2D eigenvalue weighted by Crippen LogP contribution is 2.27. The van der Waals surface area contributed by atoms with Gasteiger partial charge in [-0.15, -0.1) is 11.3 Å². The van der Waals surface area contributed by atoms with E-state index in [2.05, 4.69) is 36.6 Å². The zero-order valence-corrected chi connectivity index (χ0v) is 14.3. The minimum Gasteiger partial charge on any atom is -0.452 e. The van der Waals surface area contributed by atoms with Crippen LogP contribution in [0.25, 0.3) is 0 Å². The van der Waals surface area contributed by atoms with E-state index in [-0.39, 0.29) is 22.7 Å². The number of rotatable bonds is 5. The van der Waals surface area contributed by atoms with Crippen molar-refractivity contribution in [3.63, 3.8) is 0 Å². The number of hydrogen-bond acceptors (Lipinski definition) is 5. The summed E-state index contributed by atoms with van der Waals surface area (Å²) >= 11 is 7.90. The third-order valence-corrected chi connectivity index (χ3v) is 6.50. The molecule has 2 aromatic rings. The van der Waals surface area contributed by atoms with Gasteiger partial charge in [0.25, 0.3) is 0 Å². The van der Waals surface area contributed by atoms with Crippen molar-refractivity contribution in [3.05, 3.63) is 37.3 Å². The summed E-state index contributed by atoms with van der Waals surface area (Å²) in [6.07, 6.45) is 0. The molecule has 0 atom stereocenters. The summed E-state index contributed by atoms with van der Waals surface area (Å²) in [5, 5.41) is 1.88. The maximum absolute atomic E-state index is 12.1. The minimum atomic E-state index is -3.63. The summed E-state index contributed by atoms with van der Waals surface area (Å²) in [4.78, 5) is 0.961. The van der Waals surface area contributed by atoms with Crippen molar-refractivity contribution >= 4 is 53.2 Å². The Kier molecular flexibility index (Phi) is 4.85. The van der Waals surface area contributed by atoms with Crippen LogP contribution in [-0.2, 0) is 23.1 Å². The second-order valence-corrected chi connectivity index (χ2v) is 7.88. The summed E-state index contributed by atoms with van der Waals surface area (Å²) in [6.45, 7) is 0.362. The maximum atomic E-state index is 12.1. The maximum Gasteiger partial charge on any atom is 0.245 e. The summed E-state index contributed by atoms with van der Waals surface area (Å²) < 4.78 is 33.0. The van der Waals surface area contributed by atoms with Gasteiger partial charge >= 0.3 is 0 Å². The Morgan fingerprint density at radius 1 is 1.42 bits per heavy atom. The van der Waals surface area contributed by atoms with Crippen molar-refractivity contribution in [2.75, 3.05) is 0 Å². The molecule has 0 saturated heterocycles. The molecular formula is C10H10Br2N2O3S2. The summed E-state index contributed by atoms with van der Waals surface area (Å²) in [7, 11) is -3.63. The standard InChI is InChI=1S/C10H10Br2N2O3S2/c11-7-1-2-18-8(7)5-14-19(15,16)9-3-6(4-13)17-10(9)12/h1-3,14H,4-5,13H2. The van der Waals surface area contributed by atoms with Crippen LogP contribution in [0.15, 0.2) is 36.0 Å². The number of sulfonamides is 1. The van der Waals surface area contributed by atoms with Crippen LogP contribution in [0.5, 0.6) is 0 Å². The first kappa shape index (κ1) is 15.2. The van der Waals surface area contributed by atoms with E-state index in [0.717, 1.165) is 9.35 Å². The van der Waals surface area contributed by atoms with Gasteiger partial charge in [-0.2, -0.15) is 0 Å². The van der Waals surface area contributed by atoms with Crippen LogP contribution in [0, 0.1) is 0 Å². The van der Waals surface area contributed by atoms with E-state index in [4.69, 9.17) is 10.2 Å². The zero-order valence-electron chi connectivity index (χ0n) is 9.52. The number of thiophene rings is 1. The molecule has 0 aliphatic carbocycles. The quantitative estimate of drug-likeness (QED) is 0.765. The van der Waals surface area contributed by atoms with Crippen molar-refractivity contribution in [2.24, 2.45) is 5.73 Å². The normalized spacial score (nSPS) is 11.9. The minimum absolute atomic E-state index is 0.0561. The van der Waals surface area contributed by atoms with E-state index in [1.165, 1.54) is 17.4 Å². The first-order valence-electron chi connectivity index (χ1n) is 5.14. The average molecular weight is 430 g/mol. The highest BCUT2D eigenvalue weighted by Gasteiger charge is 2.22. The molecule has 0 saturated carbocycles. The molecule has 2 aromatic heterocycles. The molecule has 0 aromatic carbocycles. The lowest BCUT2D eigenvalue weighted by Crippen LogP contribution is -2.22. The van der Waals surface area contributed by atoms with E-state index in [9.17, 15) is 8.42 Å². The third kappa shape index (κ3) is 3.47. The van der Waals surface area contributed by atoms with Gasteiger partial charge in [-0.25, -0.2) is 13.1 Å². The van der Waals surface area contributed by atoms with Crippen molar-refractivity contribution in [1.29, 1.82) is 0 Å². The molecular weight excluding hydrogens is 420 g/mol. The first-order valence-corrected chi connectivity index (χ1v) is 9.08. The van der Waals surface area contributed by atoms with Crippen molar-refractivity contribution in [1.82, 2.24) is 4.72 Å². The zero-order chi connectivity index (χ0) is 14.0. The third-order valence-electron chi connectivity index (χ3n) is 2.31. The Labute approximate surface area is 131 Å². The molecule has 0 fully saturated rings. The van der Waals surface area contributed by atoms with Gasteiger partial charge < -0.3 is 10.2 Å². The van der Waals surface area contributed by atoms with E-state index >= 15 is 0 Å². The second-order valence-electron chi connectivity index (χ2n) is 3.57. The lowest BCUT2D eigenvalue weighted by atomic mass is 10.5. The average Bonchev–Trinajstić information content (AvgIpc) is 2.93. The summed E-state index contributed by atoms with van der Waals surface area (Å²) in [5.74, 6) is 0.407. The Hall–Kier alpha value is -0.190. The molecule has 0 amide bonds. The van der Waals surface area contributed by atoms with E-state index in [1.807, 2.05) is 11.4 Å². The van der Waals surface area contributed by atoms with Gasteiger partial charge in [0.15, 0.2) is 4.67 Å². The number of furan rings is 1. The van der Waals surface area contributed by atoms with Gasteiger partial charge in [-0.3, -0.25) is 0 Å². The number of nitrogens with two attached hydrogens (primary N) is 1. The van der Waals surface area contributed by atoms with Crippen LogP contribution in [0.1, 0.15) is 10.6 Å². The molecule has 0 spiro atoms. The Morgan fingerprint density at radius 2 is 2.16 bits per heavy atom.